The molecule has 1 aromatic heterocycles. The Morgan fingerprint density at radius 2 is 2.19 bits per heavy atom. The summed E-state index contributed by atoms with van der Waals surface area (Å²) in [4.78, 5) is 27.2. The van der Waals surface area contributed by atoms with E-state index < -0.39 is 5.97 Å². The SMILES string of the molecule is CC(C)Cn1ccnc(Nc2cccc(C(=O)O)c2)c1=O. The molecule has 1 heterocycles. The van der Waals surface area contributed by atoms with Crippen LogP contribution in [0.1, 0.15) is 24.2 Å². The molecule has 0 saturated heterocycles. The van der Waals surface area contributed by atoms with Gasteiger partial charge in [0, 0.05) is 24.6 Å². The molecule has 110 valence electrons. The van der Waals surface area contributed by atoms with E-state index in [9.17, 15) is 9.59 Å². The van der Waals surface area contributed by atoms with E-state index in [4.69, 9.17) is 5.11 Å². The number of hydrogen-bond donors (Lipinski definition) is 2. The van der Waals surface area contributed by atoms with Crippen molar-refractivity contribution in [3.63, 3.8) is 0 Å². The van der Waals surface area contributed by atoms with Crippen LogP contribution in [0.15, 0.2) is 41.5 Å². The summed E-state index contributed by atoms with van der Waals surface area (Å²) >= 11 is 0. The summed E-state index contributed by atoms with van der Waals surface area (Å²) in [5, 5.41) is 11.8. The van der Waals surface area contributed by atoms with Gasteiger partial charge < -0.3 is 15.0 Å². The zero-order valence-electron chi connectivity index (χ0n) is 11.9. The first-order valence-corrected chi connectivity index (χ1v) is 6.63. The Kier molecular flexibility index (Phi) is 4.37. The Labute approximate surface area is 122 Å². The predicted molar refractivity (Wildman–Crippen MR) is 80.0 cm³/mol. The average molecular weight is 287 g/mol. The number of hydrogen-bond acceptors (Lipinski definition) is 4. The van der Waals surface area contributed by atoms with Gasteiger partial charge in [-0.2, -0.15) is 0 Å². The standard InChI is InChI=1S/C15H17N3O3/c1-10(2)9-18-7-6-16-13(14(18)19)17-12-5-3-4-11(8-12)15(20)21/h3-8,10H,9H2,1-2H3,(H,16,17)(H,20,21). The van der Waals surface area contributed by atoms with E-state index >= 15 is 0 Å². The van der Waals surface area contributed by atoms with Crippen molar-refractivity contribution in [2.45, 2.75) is 20.4 Å². The monoisotopic (exact) mass is 287 g/mol. The van der Waals surface area contributed by atoms with Crippen LogP contribution in [0.4, 0.5) is 11.5 Å². The quantitative estimate of drug-likeness (QED) is 0.881. The lowest BCUT2D eigenvalue weighted by atomic mass is 10.2. The zero-order chi connectivity index (χ0) is 15.4. The number of carbonyl (C=O) groups is 1. The Balaban J connectivity index is 2.30. The number of anilines is 2. The van der Waals surface area contributed by atoms with Gasteiger partial charge in [0.25, 0.3) is 5.56 Å². The Morgan fingerprint density at radius 3 is 2.86 bits per heavy atom. The number of benzene rings is 1. The predicted octanol–water partition coefficient (Wildman–Crippen LogP) is 2.34. The summed E-state index contributed by atoms with van der Waals surface area (Å²) < 4.78 is 1.58. The van der Waals surface area contributed by atoms with Gasteiger partial charge in [-0.05, 0) is 24.1 Å². The van der Waals surface area contributed by atoms with Crippen molar-refractivity contribution in [2.24, 2.45) is 5.92 Å². The van der Waals surface area contributed by atoms with Crippen molar-refractivity contribution in [2.75, 3.05) is 5.32 Å². The molecule has 2 aromatic rings. The molecule has 0 aliphatic carbocycles. The summed E-state index contributed by atoms with van der Waals surface area (Å²) in [6, 6.07) is 6.25. The Bertz CT molecular complexity index is 707. The summed E-state index contributed by atoms with van der Waals surface area (Å²) in [6.07, 6.45) is 3.19. The van der Waals surface area contributed by atoms with Crippen molar-refractivity contribution in [1.29, 1.82) is 0 Å². The van der Waals surface area contributed by atoms with Gasteiger partial charge in [-0.1, -0.05) is 19.9 Å². The van der Waals surface area contributed by atoms with Crippen LogP contribution in [0.3, 0.4) is 0 Å². The number of aromatic nitrogens is 2. The first-order chi connectivity index (χ1) is 9.97. The molecule has 6 heteroatoms. The Hall–Kier alpha value is -2.63. The third-order valence-electron chi connectivity index (χ3n) is 2.85. The average Bonchev–Trinajstić information content (AvgIpc) is 2.43. The zero-order valence-corrected chi connectivity index (χ0v) is 11.9. The third kappa shape index (κ3) is 3.68. The minimum absolute atomic E-state index is 0.151. The molecule has 0 saturated carbocycles. The van der Waals surface area contributed by atoms with Gasteiger partial charge in [0.2, 0.25) is 0 Å². The van der Waals surface area contributed by atoms with Crippen molar-refractivity contribution in [3.8, 4) is 0 Å². The van der Waals surface area contributed by atoms with Crippen LogP contribution < -0.4 is 10.9 Å². The largest absolute Gasteiger partial charge is 0.478 e. The maximum atomic E-state index is 12.2. The molecule has 0 aliphatic heterocycles. The molecule has 21 heavy (non-hydrogen) atoms. The van der Waals surface area contributed by atoms with Gasteiger partial charge in [-0.25, -0.2) is 9.78 Å². The van der Waals surface area contributed by atoms with Gasteiger partial charge in [-0.3, -0.25) is 4.79 Å². The molecule has 6 nitrogen and oxygen atoms in total. The number of aromatic carboxylic acids is 1. The molecule has 2 N–H and O–H groups in total. The fourth-order valence-electron chi connectivity index (χ4n) is 1.94. The van der Waals surface area contributed by atoms with Gasteiger partial charge in [0.15, 0.2) is 5.82 Å². The second-order valence-electron chi connectivity index (χ2n) is 5.14. The number of nitrogens with one attached hydrogen (secondary N) is 1. The lowest BCUT2D eigenvalue weighted by Gasteiger charge is -2.11. The first kappa shape index (κ1) is 14.8. The second-order valence-corrected chi connectivity index (χ2v) is 5.14. The van der Waals surface area contributed by atoms with Crippen molar-refractivity contribution < 1.29 is 9.90 Å². The van der Waals surface area contributed by atoms with Gasteiger partial charge in [0.05, 0.1) is 5.56 Å². The van der Waals surface area contributed by atoms with E-state index in [-0.39, 0.29) is 16.9 Å². The number of nitrogens with zero attached hydrogens (tertiary/aromatic N) is 2. The van der Waals surface area contributed by atoms with Crippen LogP contribution in [0.2, 0.25) is 0 Å². The molecular weight excluding hydrogens is 270 g/mol. The molecule has 2 rings (SSSR count). The van der Waals surface area contributed by atoms with Crippen LogP contribution in [0.25, 0.3) is 0 Å². The summed E-state index contributed by atoms with van der Waals surface area (Å²) in [7, 11) is 0. The molecular formula is C15H17N3O3. The topological polar surface area (TPSA) is 84.2 Å². The van der Waals surface area contributed by atoms with Crippen molar-refractivity contribution in [3.05, 3.63) is 52.6 Å². The summed E-state index contributed by atoms with van der Waals surface area (Å²) in [6.45, 7) is 4.65. The van der Waals surface area contributed by atoms with E-state index in [0.717, 1.165) is 0 Å². The minimum atomic E-state index is -1.02. The molecule has 0 unspecified atom stereocenters. The number of carboxylic acid groups (broad SMARTS) is 1. The van der Waals surface area contributed by atoms with Crippen molar-refractivity contribution in [1.82, 2.24) is 9.55 Å². The second kappa shape index (κ2) is 6.21. The van der Waals surface area contributed by atoms with E-state index in [0.29, 0.717) is 18.2 Å². The summed E-state index contributed by atoms with van der Waals surface area (Å²) in [5.74, 6) is -0.495. The highest BCUT2D eigenvalue weighted by molar-refractivity contribution is 5.89. The first-order valence-electron chi connectivity index (χ1n) is 6.63. The van der Waals surface area contributed by atoms with Gasteiger partial charge in [-0.15, -0.1) is 0 Å². The van der Waals surface area contributed by atoms with Crippen LogP contribution in [-0.2, 0) is 6.54 Å². The molecule has 0 spiro atoms. The lowest BCUT2D eigenvalue weighted by molar-refractivity contribution is 0.0697. The Morgan fingerprint density at radius 1 is 1.43 bits per heavy atom. The van der Waals surface area contributed by atoms with Crippen LogP contribution in [0, 0.1) is 5.92 Å². The van der Waals surface area contributed by atoms with Gasteiger partial charge >= 0.3 is 5.97 Å². The smallest absolute Gasteiger partial charge is 0.335 e. The van der Waals surface area contributed by atoms with Crippen molar-refractivity contribution >= 4 is 17.5 Å². The lowest BCUT2D eigenvalue weighted by Crippen LogP contribution is -2.25. The fraction of sp³-hybridized carbons (Fsp3) is 0.267. The van der Waals surface area contributed by atoms with Crippen LogP contribution in [0.5, 0.6) is 0 Å². The molecule has 0 aliphatic rings. The van der Waals surface area contributed by atoms with E-state index in [1.807, 2.05) is 13.8 Å². The van der Waals surface area contributed by atoms with Crippen LogP contribution >= 0.6 is 0 Å². The van der Waals surface area contributed by atoms with Gasteiger partial charge in [0.1, 0.15) is 0 Å². The number of carboxylic acids is 1. The highest BCUT2D eigenvalue weighted by Gasteiger charge is 2.08. The molecule has 0 fully saturated rings. The highest BCUT2D eigenvalue weighted by Crippen LogP contribution is 2.14. The number of rotatable bonds is 5. The van der Waals surface area contributed by atoms with E-state index in [1.165, 1.54) is 12.1 Å². The molecule has 0 atom stereocenters. The highest BCUT2D eigenvalue weighted by atomic mass is 16.4. The molecule has 0 amide bonds. The van der Waals surface area contributed by atoms with E-state index in [1.54, 1.807) is 29.1 Å². The minimum Gasteiger partial charge on any atom is -0.478 e. The maximum Gasteiger partial charge on any atom is 0.335 e. The summed E-state index contributed by atoms with van der Waals surface area (Å²) in [5.41, 5.74) is 0.437. The third-order valence-corrected chi connectivity index (χ3v) is 2.85. The molecule has 0 radical (unpaired) electrons. The van der Waals surface area contributed by atoms with Crippen LogP contribution in [-0.4, -0.2) is 20.6 Å². The molecule has 0 bridgehead atoms. The molecule has 1 aromatic carbocycles. The normalized spacial score (nSPS) is 10.6. The maximum absolute atomic E-state index is 12.2. The fourth-order valence-corrected chi connectivity index (χ4v) is 1.94. The van der Waals surface area contributed by atoms with E-state index in [2.05, 4.69) is 10.3 Å².